The van der Waals surface area contributed by atoms with Crippen molar-refractivity contribution in [3.63, 3.8) is 0 Å². The average molecular weight is 1580 g/mol. The molecule has 0 unspecified atom stereocenters. The van der Waals surface area contributed by atoms with Crippen LogP contribution < -0.4 is 0 Å². The third-order valence-electron chi connectivity index (χ3n) is 22.8. The smallest absolute Gasteiger partial charge is 0.171 e. The number of thiophene rings is 10. The molecule has 0 bridgehead atoms. The summed E-state index contributed by atoms with van der Waals surface area (Å²) in [6.45, 7) is 17.2. The number of fused-ring (bicyclic) bond motifs is 39. The average Bonchev–Trinajstić information content (AvgIpc) is 1.66. The maximum atomic E-state index is 6.69. The zero-order valence-corrected chi connectivity index (χ0v) is 68.8. The summed E-state index contributed by atoms with van der Waals surface area (Å²) in [7, 11) is 8.97. The van der Waals surface area contributed by atoms with Crippen LogP contribution in [0.25, 0.3) is 226 Å². The Labute approximate surface area is 655 Å². The molecule has 0 saturated heterocycles. The number of furan rings is 2. The number of rotatable bonds is 2. The minimum Gasteiger partial charge on any atom is -0.453 e. The molecule has 0 aliphatic rings. The highest BCUT2D eigenvalue weighted by Crippen LogP contribution is 2.59. The lowest BCUT2D eigenvalue weighted by Gasteiger charge is -2.08. The first kappa shape index (κ1) is 63.4. The third-order valence-corrected chi connectivity index (χ3v) is 35.9. The Balaban J connectivity index is 0.0000000972. The second-order valence-corrected chi connectivity index (χ2v) is 40.2. The fourth-order valence-electron chi connectivity index (χ4n) is 17.6. The van der Waals surface area contributed by atoms with Crippen LogP contribution in [0.3, 0.4) is 0 Å². The molecular weight excluding hydrogens is 1520 g/mol. The van der Waals surface area contributed by atoms with Crippen molar-refractivity contribution in [1.29, 1.82) is 0 Å². The van der Waals surface area contributed by atoms with Gasteiger partial charge in [0.1, 0.15) is 22.2 Å². The van der Waals surface area contributed by atoms with Gasteiger partial charge in [-0.05, 0) is 162 Å². The molecule has 26 rings (SSSR count). The molecule has 0 saturated carbocycles. The second-order valence-electron chi connectivity index (χ2n) is 29.9. The fourth-order valence-corrected chi connectivity index (χ4v) is 32.6. The molecule has 0 amide bonds. The quantitative estimate of drug-likeness (QED) is 0.173. The Morgan fingerprint density at radius 2 is 0.491 bits per heavy atom. The molecule has 0 fully saturated rings. The van der Waals surface area contributed by atoms with E-state index in [2.05, 4.69) is 269 Å². The summed E-state index contributed by atoms with van der Waals surface area (Å²) in [5, 5.41) is 7.83. The van der Waals surface area contributed by atoms with E-state index in [9.17, 15) is 0 Å². The van der Waals surface area contributed by atoms with Crippen molar-refractivity contribution in [2.45, 2.75) is 55.4 Å². The summed E-state index contributed by atoms with van der Waals surface area (Å²) < 4.78 is 56.1. The van der Waals surface area contributed by atoms with Gasteiger partial charge in [0, 0.05) is 92.3 Å². The van der Waals surface area contributed by atoms with Crippen LogP contribution in [-0.4, -0.2) is 27.4 Å². The van der Waals surface area contributed by atoms with Gasteiger partial charge in [0.05, 0.1) is 129 Å². The molecule has 0 radical (unpaired) electrons. The first-order chi connectivity index (χ1) is 52.5. The molecule has 0 atom stereocenters. The Kier molecular flexibility index (Phi) is 13.0. The SMILES string of the molecule is Cc1ccc(-n2c3c4ccc(C)cc4oc3c3sc4c(sc5c6oc7cc(C)ccc7c6n(-c6ccc(C)cc6)c54)c32)cc1.Cc1ccc2c(c1)sc1c3sc4c(sc5c6sc7cc(C)ccc7c6n(C)c54)c3n(C)c21.Cc1ccc2c3sc4c5sc6c(sc7c8ccc(C)cc8n(C)c76)c5sc4c3n(C)c2c1. The summed E-state index contributed by atoms with van der Waals surface area (Å²) in [4.78, 5) is 0. The van der Waals surface area contributed by atoms with E-state index in [0.29, 0.717) is 0 Å². The molecule has 524 valence electrons. The van der Waals surface area contributed by atoms with Crippen LogP contribution >= 0.6 is 113 Å². The molecule has 8 aromatic carbocycles. The second kappa shape index (κ2) is 22.1. The van der Waals surface area contributed by atoms with Gasteiger partial charge in [0.2, 0.25) is 0 Å². The van der Waals surface area contributed by atoms with Crippen molar-refractivity contribution in [2.75, 3.05) is 0 Å². The molecule has 18 heterocycles. The first-order valence-electron chi connectivity index (χ1n) is 36.1. The lowest BCUT2D eigenvalue weighted by molar-refractivity contribution is 0.672. The number of hydrogen-bond donors (Lipinski definition) is 0. The molecule has 18 heteroatoms. The molecule has 8 nitrogen and oxygen atoms in total. The van der Waals surface area contributed by atoms with Gasteiger partial charge in [-0.15, -0.1) is 113 Å². The van der Waals surface area contributed by atoms with Gasteiger partial charge in [-0.25, -0.2) is 0 Å². The number of aryl methyl sites for hydroxylation is 12. The minimum absolute atomic E-state index is 0.932. The highest BCUT2D eigenvalue weighted by molar-refractivity contribution is 7.48. The van der Waals surface area contributed by atoms with Crippen molar-refractivity contribution in [3.05, 3.63) is 202 Å². The number of nitrogens with zero attached hydrogens (tertiary/aromatic N) is 6. The highest BCUT2D eigenvalue weighted by Gasteiger charge is 2.32. The third kappa shape index (κ3) is 8.35. The van der Waals surface area contributed by atoms with Gasteiger partial charge in [-0.1, -0.05) is 96.1 Å². The molecule has 0 aliphatic carbocycles. The van der Waals surface area contributed by atoms with Gasteiger partial charge in [0.15, 0.2) is 11.2 Å². The van der Waals surface area contributed by atoms with Gasteiger partial charge in [-0.2, -0.15) is 0 Å². The molecule has 18 aromatic heterocycles. The summed E-state index contributed by atoms with van der Waals surface area (Å²) in [6, 6.07) is 58.2. The predicted octanol–water partition coefficient (Wildman–Crippen LogP) is 30.5. The van der Waals surface area contributed by atoms with Crippen LogP contribution in [0.15, 0.2) is 167 Å². The summed E-state index contributed by atoms with van der Waals surface area (Å²) in [5.74, 6) is 0. The normalized spacial score (nSPS) is 12.8. The molecule has 26 aromatic rings. The highest BCUT2D eigenvalue weighted by atomic mass is 32.1. The lowest BCUT2D eigenvalue weighted by Crippen LogP contribution is -1.94. The van der Waals surface area contributed by atoms with Crippen molar-refractivity contribution in [1.82, 2.24) is 27.4 Å². The van der Waals surface area contributed by atoms with Crippen LogP contribution in [0, 0.1) is 55.4 Å². The van der Waals surface area contributed by atoms with Crippen molar-refractivity contribution >= 4 is 328 Å². The Bertz CT molecular complexity index is 8030. The van der Waals surface area contributed by atoms with Crippen molar-refractivity contribution in [2.24, 2.45) is 28.2 Å². The van der Waals surface area contributed by atoms with E-state index >= 15 is 0 Å². The van der Waals surface area contributed by atoms with Gasteiger partial charge >= 0.3 is 0 Å². The van der Waals surface area contributed by atoms with E-state index in [0.717, 1.165) is 55.5 Å². The van der Waals surface area contributed by atoms with Crippen LogP contribution in [0.2, 0.25) is 0 Å². The molecule has 0 aliphatic heterocycles. The number of aromatic nitrogens is 6. The largest absolute Gasteiger partial charge is 0.453 e. The van der Waals surface area contributed by atoms with Crippen LogP contribution in [0.4, 0.5) is 0 Å². The van der Waals surface area contributed by atoms with E-state index in [1.165, 1.54) is 215 Å². The van der Waals surface area contributed by atoms with Gasteiger partial charge in [0.25, 0.3) is 0 Å². The van der Waals surface area contributed by atoms with Crippen LogP contribution in [-0.2, 0) is 28.2 Å². The molecular formula is C90H62N6O2S10. The number of hydrogen-bond acceptors (Lipinski definition) is 12. The van der Waals surface area contributed by atoms with Crippen molar-refractivity contribution in [3.8, 4) is 11.4 Å². The van der Waals surface area contributed by atoms with E-state index in [4.69, 9.17) is 8.83 Å². The number of benzene rings is 8. The van der Waals surface area contributed by atoms with Crippen LogP contribution in [0.5, 0.6) is 0 Å². The molecule has 0 spiro atoms. The van der Waals surface area contributed by atoms with Gasteiger partial charge in [-0.3, -0.25) is 0 Å². The van der Waals surface area contributed by atoms with Crippen molar-refractivity contribution < 1.29 is 8.83 Å². The summed E-state index contributed by atoms with van der Waals surface area (Å²) in [5.41, 5.74) is 32.1. The Morgan fingerprint density at radius 1 is 0.213 bits per heavy atom. The maximum absolute atomic E-state index is 6.69. The Hall–Kier alpha value is -9.54. The fraction of sp³-hybridized carbons (Fsp3) is 0.133. The zero-order chi connectivity index (χ0) is 72.4. The topological polar surface area (TPSA) is 55.9 Å². The first-order valence-corrected chi connectivity index (χ1v) is 44.3. The van der Waals surface area contributed by atoms with E-state index < -0.39 is 0 Å². The zero-order valence-electron chi connectivity index (χ0n) is 60.6. The van der Waals surface area contributed by atoms with Crippen LogP contribution in [0.1, 0.15) is 44.5 Å². The Morgan fingerprint density at radius 3 is 0.889 bits per heavy atom. The molecule has 108 heavy (non-hydrogen) atoms. The van der Waals surface area contributed by atoms with E-state index in [1.807, 2.05) is 113 Å². The van der Waals surface area contributed by atoms with Gasteiger partial charge < -0.3 is 36.2 Å². The minimum atomic E-state index is 0.932. The summed E-state index contributed by atoms with van der Waals surface area (Å²) in [6.07, 6.45) is 0. The molecule has 0 N–H and O–H groups in total. The lowest BCUT2D eigenvalue weighted by atomic mass is 10.2. The monoisotopic (exact) mass is 1580 g/mol. The predicted molar refractivity (Wildman–Crippen MR) is 483 cm³/mol. The summed E-state index contributed by atoms with van der Waals surface area (Å²) >= 11 is 19.5. The van der Waals surface area contributed by atoms with E-state index in [1.54, 1.807) is 0 Å². The standard InChI is InChI=1S/C38H26N2O2S2.2C26H18N2S4/c1-19-5-11-23(12-6-19)39-29-25-15-9-21(3)17-27(25)41-33(29)35-31(39)37-38(43-35)32-36(44-37)34-30(26-16-10-22(4)18-28(26)42-34)40(32)24-13-7-20(2)8-14-24;1-11-5-7-13-15(9-11)27(3)17-19(13)29-23-21(17)31-26-24-22(32-25(23)26)18-20(30-24)14-8-6-12(2)10-16(14)28(18)4;1-11-5-7-13-15(9-11)29-21-17(13)27(3)19-23(21)31-26-20-24(32-25(19)26)22-18(28(20)4)14-8-6-12(2)10-16(14)30-22/h5-18H,1-4H3;2*5-10H,1-4H3. The van der Waals surface area contributed by atoms with E-state index in [-0.39, 0.29) is 0 Å². The maximum Gasteiger partial charge on any atom is 0.171 e.